The van der Waals surface area contributed by atoms with E-state index in [1.807, 2.05) is 30.3 Å². The van der Waals surface area contributed by atoms with Crippen molar-refractivity contribution in [1.82, 2.24) is 4.90 Å². The van der Waals surface area contributed by atoms with Crippen molar-refractivity contribution in [3.63, 3.8) is 0 Å². The molecule has 0 aromatic heterocycles. The molecule has 0 aliphatic carbocycles. The molecule has 1 aliphatic rings. The molecule has 1 unspecified atom stereocenters. The van der Waals surface area contributed by atoms with Crippen LogP contribution in [0, 0.1) is 11.6 Å². The summed E-state index contributed by atoms with van der Waals surface area (Å²) in [6.07, 6.45) is -0.253. The first kappa shape index (κ1) is 20.3. The second-order valence-electron chi connectivity index (χ2n) is 7.05. The number of phenolic OH excluding ortho intramolecular Hbond substituents is 1. The molecule has 0 saturated carbocycles. The number of hydrogen-bond donors (Lipinski definition) is 1. The molecule has 1 N–H and O–H groups in total. The van der Waals surface area contributed by atoms with Crippen LogP contribution in [0.3, 0.4) is 0 Å². The zero-order valence-corrected chi connectivity index (χ0v) is 17.4. The summed E-state index contributed by atoms with van der Waals surface area (Å²) in [5, 5.41) is 10.5. The van der Waals surface area contributed by atoms with Crippen molar-refractivity contribution in [3.8, 4) is 5.75 Å². The SMILES string of the molecule is O=C(OCc1ccccc1)N1CCc2cc(F)c(F)cc2C1c1cc(Br)ccc1O. The Hall–Kier alpha value is -2.93. The van der Waals surface area contributed by atoms with Gasteiger partial charge in [-0.25, -0.2) is 13.6 Å². The molecule has 0 saturated heterocycles. The molecule has 1 atom stereocenters. The number of carbonyl (C=O) groups is 1. The molecule has 4 rings (SSSR count). The molecule has 7 heteroatoms. The normalized spacial score (nSPS) is 15.6. The number of ether oxygens (including phenoxy) is 1. The van der Waals surface area contributed by atoms with Gasteiger partial charge in [0.25, 0.3) is 0 Å². The number of rotatable bonds is 3. The number of hydrogen-bond acceptors (Lipinski definition) is 3. The molecule has 3 aromatic rings. The highest BCUT2D eigenvalue weighted by Crippen LogP contribution is 2.41. The van der Waals surface area contributed by atoms with Crippen molar-refractivity contribution in [3.05, 3.63) is 99.0 Å². The summed E-state index contributed by atoms with van der Waals surface area (Å²) in [4.78, 5) is 14.4. The van der Waals surface area contributed by atoms with Crippen LogP contribution in [0.1, 0.15) is 28.3 Å². The highest BCUT2D eigenvalue weighted by atomic mass is 79.9. The maximum absolute atomic E-state index is 14.1. The van der Waals surface area contributed by atoms with Gasteiger partial charge in [0.05, 0.1) is 6.04 Å². The van der Waals surface area contributed by atoms with E-state index >= 15 is 0 Å². The van der Waals surface area contributed by atoms with Crippen molar-refractivity contribution >= 4 is 22.0 Å². The van der Waals surface area contributed by atoms with E-state index in [4.69, 9.17) is 4.74 Å². The quantitative estimate of drug-likeness (QED) is 0.529. The van der Waals surface area contributed by atoms with Crippen LogP contribution < -0.4 is 0 Å². The number of aromatic hydroxyl groups is 1. The lowest BCUT2D eigenvalue weighted by Crippen LogP contribution is -2.41. The first-order valence-electron chi connectivity index (χ1n) is 9.37. The van der Waals surface area contributed by atoms with Crippen molar-refractivity contribution in [2.45, 2.75) is 19.1 Å². The van der Waals surface area contributed by atoms with Gasteiger partial charge in [0.1, 0.15) is 12.4 Å². The highest BCUT2D eigenvalue weighted by Gasteiger charge is 2.35. The summed E-state index contributed by atoms with van der Waals surface area (Å²) in [6.45, 7) is 0.320. The molecule has 1 aliphatic heterocycles. The number of fused-ring (bicyclic) bond motifs is 1. The molecule has 1 amide bonds. The predicted octanol–water partition coefficient (Wildman–Crippen LogP) is 5.72. The monoisotopic (exact) mass is 473 g/mol. The van der Waals surface area contributed by atoms with Crippen LogP contribution >= 0.6 is 15.9 Å². The molecule has 0 bridgehead atoms. The standard InChI is InChI=1S/C23H18BrF2NO3/c24-16-6-7-21(28)18(11-16)22-17-12-20(26)19(25)10-15(17)8-9-27(22)23(29)30-13-14-4-2-1-3-5-14/h1-7,10-12,22,28H,8-9,13H2. The van der Waals surface area contributed by atoms with Gasteiger partial charge < -0.3 is 9.84 Å². The van der Waals surface area contributed by atoms with Gasteiger partial charge in [-0.1, -0.05) is 46.3 Å². The second kappa shape index (κ2) is 8.44. The first-order chi connectivity index (χ1) is 14.4. The van der Waals surface area contributed by atoms with Crippen LogP contribution in [0.4, 0.5) is 13.6 Å². The van der Waals surface area contributed by atoms with Crippen LogP contribution in [-0.2, 0) is 17.8 Å². The Labute approximate surface area is 180 Å². The Morgan fingerprint density at radius 2 is 1.80 bits per heavy atom. The highest BCUT2D eigenvalue weighted by molar-refractivity contribution is 9.10. The van der Waals surface area contributed by atoms with Crippen LogP contribution in [-0.4, -0.2) is 22.6 Å². The fraction of sp³-hybridized carbons (Fsp3) is 0.174. The first-order valence-corrected chi connectivity index (χ1v) is 10.2. The minimum absolute atomic E-state index is 0.0540. The van der Waals surface area contributed by atoms with Gasteiger partial charge >= 0.3 is 6.09 Å². The molecule has 0 radical (unpaired) electrons. The van der Waals surface area contributed by atoms with E-state index in [-0.39, 0.29) is 18.9 Å². The van der Waals surface area contributed by atoms with E-state index < -0.39 is 23.8 Å². The van der Waals surface area contributed by atoms with Crippen LogP contribution in [0.5, 0.6) is 5.75 Å². The van der Waals surface area contributed by atoms with Crippen LogP contribution in [0.25, 0.3) is 0 Å². The molecule has 4 nitrogen and oxygen atoms in total. The third-order valence-electron chi connectivity index (χ3n) is 5.13. The van der Waals surface area contributed by atoms with Crippen molar-refractivity contribution < 1.29 is 23.4 Å². The lowest BCUT2D eigenvalue weighted by Gasteiger charge is -2.37. The van der Waals surface area contributed by atoms with E-state index in [1.54, 1.807) is 12.1 Å². The Kier molecular flexibility index (Phi) is 5.72. The molecule has 154 valence electrons. The molecular weight excluding hydrogens is 456 g/mol. The lowest BCUT2D eigenvalue weighted by molar-refractivity contribution is 0.0832. The molecule has 0 spiro atoms. The maximum atomic E-state index is 14.1. The second-order valence-corrected chi connectivity index (χ2v) is 7.97. The van der Waals surface area contributed by atoms with Gasteiger partial charge in [0.15, 0.2) is 11.6 Å². The van der Waals surface area contributed by atoms with Crippen LogP contribution in [0.2, 0.25) is 0 Å². The zero-order valence-electron chi connectivity index (χ0n) is 15.8. The summed E-state index contributed by atoms with van der Waals surface area (Å²) in [6, 6.07) is 15.5. The zero-order chi connectivity index (χ0) is 21.3. The van der Waals surface area contributed by atoms with Gasteiger partial charge in [0.2, 0.25) is 0 Å². The molecule has 3 aromatic carbocycles. The minimum atomic E-state index is -1.01. The fourth-order valence-corrected chi connectivity index (χ4v) is 4.07. The van der Waals surface area contributed by atoms with Crippen molar-refractivity contribution in [2.24, 2.45) is 0 Å². The Morgan fingerprint density at radius 3 is 2.57 bits per heavy atom. The third kappa shape index (κ3) is 4.03. The van der Waals surface area contributed by atoms with E-state index in [0.29, 0.717) is 27.6 Å². The van der Waals surface area contributed by atoms with Crippen molar-refractivity contribution in [1.29, 1.82) is 0 Å². The average molecular weight is 474 g/mol. The number of nitrogens with zero attached hydrogens (tertiary/aromatic N) is 1. The van der Waals surface area contributed by atoms with E-state index in [0.717, 1.165) is 17.7 Å². The number of benzene rings is 3. The smallest absolute Gasteiger partial charge is 0.410 e. The lowest BCUT2D eigenvalue weighted by atomic mass is 9.87. The molecule has 30 heavy (non-hydrogen) atoms. The fourth-order valence-electron chi connectivity index (χ4n) is 3.69. The van der Waals surface area contributed by atoms with Gasteiger partial charge in [-0.3, -0.25) is 4.90 Å². The summed E-state index contributed by atoms with van der Waals surface area (Å²) < 4.78 is 34.1. The molecule has 1 heterocycles. The Bertz CT molecular complexity index is 1090. The topological polar surface area (TPSA) is 49.8 Å². The Morgan fingerprint density at radius 1 is 1.07 bits per heavy atom. The maximum Gasteiger partial charge on any atom is 0.410 e. The summed E-state index contributed by atoms with van der Waals surface area (Å²) in [5.41, 5.74) is 2.24. The van der Waals surface area contributed by atoms with Gasteiger partial charge in [-0.2, -0.15) is 0 Å². The molecular formula is C23H18BrF2NO3. The number of halogens is 3. The van der Waals surface area contributed by atoms with Gasteiger partial charge in [-0.05, 0) is 53.4 Å². The summed E-state index contributed by atoms with van der Waals surface area (Å²) in [7, 11) is 0. The number of phenols is 1. The average Bonchev–Trinajstić information content (AvgIpc) is 2.75. The van der Waals surface area contributed by atoms with E-state index in [9.17, 15) is 18.7 Å². The van der Waals surface area contributed by atoms with Gasteiger partial charge in [-0.15, -0.1) is 0 Å². The number of amides is 1. The Balaban J connectivity index is 1.72. The van der Waals surface area contributed by atoms with Crippen molar-refractivity contribution in [2.75, 3.05) is 6.54 Å². The predicted molar refractivity (Wildman–Crippen MR) is 111 cm³/mol. The largest absolute Gasteiger partial charge is 0.508 e. The minimum Gasteiger partial charge on any atom is -0.508 e. The third-order valence-corrected chi connectivity index (χ3v) is 5.63. The molecule has 0 fully saturated rings. The number of carbonyl (C=O) groups excluding carboxylic acids is 1. The summed E-state index contributed by atoms with van der Waals surface area (Å²) >= 11 is 3.37. The summed E-state index contributed by atoms with van der Waals surface area (Å²) in [5.74, 6) is -2.00. The van der Waals surface area contributed by atoms with E-state index in [1.165, 1.54) is 11.0 Å². The van der Waals surface area contributed by atoms with E-state index in [2.05, 4.69) is 15.9 Å². The van der Waals surface area contributed by atoms with Gasteiger partial charge in [0, 0.05) is 16.6 Å². The van der Waals surface area contributed by atoms with Crippen LogP contribution in [0.15, 0.2) is 65.1 Å².